The number of aryl methyl sites for hydroxylation is 1. The Balaban J connectivity index is 2.26. The third kappa shape index (κ3) is 3.59. The van der Waals surface area contributed by atoms with Gasteiger partial charge < -0.3 is 5.32 Å². The lowest BCUT2D eigenvalue weighted by Crippen LogP contribution is -2.23. The molecule has 0 heterocycles. The minimum Gasteiger partial charge on any atom is -0.310 e. The minimum absolute atomic E-state index is 0.137. The molecule has 0 aliphatic rings. The van der Waals surface area contributed by atoms with Gasteiger partial charge in [-0.25, -0.2) is 4.39 Å². The van der Waals surface area contributed by atoms with Gasteiger partial charge in [0, 0.05) is 11.1 Å². The molecule has 2 aromatic rings. The van der Waals surface area contributed by atoms with Crippen LogP contribution in [0.2, 0.25) is 5.02 Å². The van der Waals surface area contributed by atoms with Gasteiger partial charge in [-0.3, -0.25) is 0 Å². The summed E-state index contributed by atoms with van der Waals surface area (Å²) in [6, 6.07) is 12.8. The van der Waals surface area contributed by atoms with Crippen LogP contribution in [0.15, 0.2) is 42.5 Å². The lowest BCUT2D eigenvalue weighted by atomic mass is 9.97. The topological polar surface area (TPSA) is 12.0 Å². The van der Waals surface area contributed by atoms with Gasteiger partial charge in [-0.05, 0) is 48.7 Å². The highest BCUT2D eigenvalue weighted by Crippen LogP contribution is 2.28. The van der Waals surface area contributed by atoms with E-state index >= 15 is 0 Å². The van der Waals surface area contributed by atoms with E-state index < -0.39 is 0 Å². The van der Waals surface area contributed by atoms with E-state index in [1.54, 1.807) is 0 Å². The molecule has 0 aliphatic carbocycles. The molecule has 0 fully saturated rings. The van der Waals surface area contributed by atoms with Crippen molar-refractivity contribution >= 4 is 11.6 Å². The van der Waals surface area contributed by atoms with Crippen molar-refractivity contribution in [1.29, 1.82) is 0 Å². The highest BCUT2D eigenvalue weighted by atomic mass is 35.5. The molecule has 3 heteroatoms. The summed E-state index contributed by atoms with van der Waals surface area (Å²) in [4.78, 5) is 0. The van der Waals surface area contributed by atoms with Crippen LogP contribution < -0.4 is 5.32 Å². The summed E-state index contributed by atoms with van der Waals surface area (Å²) in [7, 11) is 0. The van der Waals surface area contributed by atoms with E-state index in [4.69, 9.17) is 11.6 Å². The smallest absolute Gasteiger partial charge is 0.123 e. The van der Waals surface area contributed by atoms with E-state index in [0.29, 0.717) is 0 Å². The van der Waals surface area contributed by atoms with Gasteiger partial charge in [0.05, 0.1) is 0 Å². The van der Waals surface area contributed by atoms with Crippen LogP contribution in [-0.4, -0.2) is 6.54 Å². The predicted octanol–water partition coefficient (Wildman–Crippen LogP) is 4.68. The summed E-state index contributed by atoms with van der Waals surface area (Å²) in [5.41, 5.74) is 3.26. The zero-order valence-electron chi connectivity index (χ0n) is 11.8. The summed E-state index contributed by atoms with van der Waals surface area (Å²) >= 11 is 6.42. The fraction of sp³-hybridized carbons (Fsp3) is 0.294. The van der Waals surface area contributed by atoms with E-state index in [0.717, 1.165) is 34.7 Å². The molecule has 0 aromatic heterocycles. The second-order valence-electron chi connectivity index (χ2n) is 4.92. The Kier molecular flexibility index (Phi) is 5.16. The number of benzene rings is 2. The first kappa shape index (κ1) is 15.0. The first-order chi connectivity index (χ1) is 9.61. The van der Waals surface area contributed by atoms with Crippen LogP contribution in [-0.2, 0) is 6.42 Å². The molecule has 1 N–H and O–H groups in total. The molecule has 1 atom stereocenters. The molecule has 1 nitrogen and oxygen atoms in total. The van der Waals surface area contributed by atoms with E-state index in [9.17, 15) is 4.39 Å². The number of hydrogen-bond acceptors (Lipinski definition) is 1. The molecule has 0 radical (unpaired) electrons. The van der Waals surface area contributed by atoms with E-state index in [-0.39, 0.29) is 11.9 Å². The fourth-order valence-electron chi connectivity index (χ4n) is 2.33. The molecule has 2 rings (SSSR count). The normalized spacial score (nSPS) is 12.4. The van der Waals surface area contributed by atoms with Crippen LogP contribution in [0.1, 0.15) is 29.7 Å². The number of likely N-dealkylation sites (N-methyl/N-ethyl adjacent to an activating group) is 1. The number of rotatable bonds is 5. The molecular weight excluding hydrogens is 273 g/mol. The molecule has 0 aliphatic heterocycles. The van der Waals surface area contributed by atoms with Gasteiger partial charge in [0.2, 0.25) is 0 Å². The molecule has 0 spiro atoms. The maximum absolute atomic E-state index is 13.0. The molecule has 1 unspecified atom stereocenters. The highest BCUT2D eigenvalue weighted by molar-refractivity contribution is 6.32. The molecule has 106 valence electrons. The summed E-state index contributed by atoms with van der Waals surface area (Å²) in [6.45, 7) is 4.93. The predicted molar refractivity (Wildman–Crippen MR) is 82.7 cm³/mol. The number of nitrogens with one attached hydrogen (secondary N) is 1. The van der Waals surface area contributed by atoms with Crippen LogP contribution >= 0.6 is 11.6 Å². The summed E-state index contributed by atoms with van der Waals surface area (Å²) < 4.78 is 13.0. The zero-order valence-corrected chi connectivity index (χ0v) is 12.5. The maximum atomic E-state index is 13.0. The van der Waals surface area contributed by atoms with Crippen molar-refractivity contribution in [3.8, 4) is 0 Å². The van der Waals surface area contributed by atoms with Crippen LogP contribution in [0, 0.1) is 12.7 Å². The number of hydrogen-bond donors (Lipinski definition) is 1. The molecule has 0 amide bonds. The van der Waals surface area contributed by atoms with Gasteiger partial charge >= 0.3 is 0 Å². The Morgan fingerprint density at radius 2 is 1.85 bits per heavy atom. The third-order valence-electron chi connectivity index (χ3n) is 3.40. The van der Waals surface area contributed by atoms with Crippen molar-refractivity contribution in [2.75, 3.05) is 6.54 Å². The largest absolute Gasteiger partial charge is 0.310 e. The Labute approximate surface area is 124 Å². The lowest BCUT2D eigenvalue weighted by Gasteiger charge is -2.20. The maximum Gasteiger partial charge on any atom is 0.123 e. The first-order valence-electron chi connectivity index (χ1n) is 6.84. The molecular formula is C17H19ClFN. The SMILES string of the molecule is CCNC(Cc1ccc(F)cc1)c1cccc(C)c1Cl. The van der Waals surface area contributed by atoms with Crippen molar-refractivity contribution in [1.82, 2.24) is 5.32 Å². The molecule has 0 bridgehead atoms. The fourth-order valence-corrected chi connectivity index (χ4v) is 2.59. The van der Waals surface area contributed by atoms with Crippen LogP contribution in [0.25, 0.3) is 0 Å². The zero-order chi connectivity index (χ0) is 14.5. The summed E-state index contributed by atoms with van der Waals surface area (Å²) in [5, 5.41) is 4.26. The van der Waals surface area contributed by atoms with Gasteiger partial charge in [0.1, 0.15) is 5.82 Å². The summed E-state index contributed by atoms with van der Waals surface area (Å²) in [6.07, 6.45) is 0.789. The molecule has 0 saturated carbocycles. The van der Waals surface area contributed by atoms with Crippen molar-refractivity contribution in [2.24, 2.45) is 0 Å². The number of halogens is 2. The minimum atomic E-state index is -0.206. The third-order valence-corrected chi connectivity index (χ3v) is 3.92. The van der Waals surface area contributed by atoms with Gasteiger partial charge in [-0.15, -0.1) is 0 Å². The van der Waals surface area contributed by atoms with Gasteiger partial charge in [-0.2, -0.15) is 0 Å². The van der Waals surface area contributed by atoms with Crippen molar-refractivity contribution in [3.63, 3.8) is 0 Å². The second-order valence-corrected chi connectivity index (χ2v) is 5.30. The Hall–Kier alpha value is -1.38. The average molecular weight is 292 g/mol. The van der Waals surface area contributed by atoms with Gasteiger partial charge in [-0.1, -0.05) is 48.9 Å². The quantitative estimate of drug-likeness (QED) is 0.843. The monoisotopic (exact) mass is 291 g/mol. The van der Waals surface area contributed by atoms with Crippen LogP contribution in [0.4, 0.5) is 4.39 Å². The van der Waals surface area contributed by atoms with Crippen molar-refractivity contribution < 1.29 is 4.39 Å². The Morgan fingerprint density at radius 1 is 1.15 bits per heavy atom. The van der Waals surface area contributed by atoms with Crippen molar-refractivity contribution in [2.45, 2.75) is 26.3 Å². The van der Waals surface area contributed by atoms with E-state index in [2.05, 4.69) is 12.2 Å². The van der Waals surface area contributed by atoms with Crippen LogP contribution in [0.5, 0.6) is 0 Å². The standard InChI is InChI=1S/C17H19ClFN/c1-3-20-16(11-13-7-9-14(19)10-8-13)15-6-4-5-12(2)17(15)18/h4-10,16,20H,3,11H2,1-2H3. The van der Waals surface area contributed by atoms with E-state index in [1.165, 1.54) is 12.1 Å². The molecule has 0 saturated heterocycles. The Bertz CT molecular complexity index is 566. The van der Waals surface area contributed by atoms with Crippen molar-refractivity contribution in [3.05, 3.63) is 70.0 Å². The highest BCUT2D eigenvalue weighted by Gasteiger charge is 2.15. The average Bonchev–Trinajstić information content (AvgIpc) is 2.44. The first-order valence-corrected chi connectivity index (χ1v) is 7.22. The van der Waals surface area contributed by atoms with E-state index in [1.807, 2.05) is 37.3 Å². The second kappa shape index (κ2) is 6.87. The lowest BCUT2D eigenvalue weighted by molar-refractivity contribution is 0.548. The summed E-state index contributed by atoms with van der Waals surface area (Å²) in [5.74, 6) is -0.206. The van der Waals surface area contributed by atoms with Crippen LogP contribution in [0.3, 0.4) is 0 Å². The molecule has 20 heavy (non-hydrogen) atoms. The van der Waals surface area contributed by atoms with Gasteiger partial charge in [0.25, 0.3) is 0 Å². The Morgan fingerprint density at radius 3 is 2.50 bits per heavy atom. The van der Waals surface area contributed by atoms with Gasteiger partial charge in [0.15, 0.2) is 0 Å². The molecule has 2 aromatic carbocycles.